The Morgan fingerprint density at radius 1 is 0.895 bits per heavy atom. The molecule has 0 bridgehead atoms. The van der Waals surface area contributed by atoms with Crippen LogP contribution >= 0.6 is 0 Å². The topological polar surface area (TPSA) is 98.0 Å². The molecule has 9 nitrogen and oxygen atoms in total. The lowest BCUT2D eigenvalue weighted by atomic mass is 9.98. The first-order valence-corrected chi connectivity index (χ1v) is 12.7. The first kappa shape index (κ1) is 23.7. The fourth-order valence-electron chi connectivity index (χ4n) is 5.18. The van der Waals surface area contributed by atoms with Crippen molar-refractivity contribution >= 4 is 29.1 Å². The van der Waals surface area contributed by atoms with E-state index in [4.69, 9.17) is 5.10 Å². The van der Waals surface area contributed by atoms with Gasteiger partial charge in [-0.15, -0.1) is 0 Å². The van der Waals surface area contributed by atoms with E-state index in [1.165, 1.54) is 10.0 Å². The highest BCUT2D eigenvalue weighted by Gasteiger charge is 2.55. The number of benzene rings is 3. The molecule has 0 spiro atoms. The van der Waals surface area contributed by atoms with Crippen LogP contribution in [0, 0.1) is 0 Å². The van der Waals surface area contributed by atoms with Crippen molar-refractivity contribution in [1.82, 2.24) is 10.0 Å². The average Bonchev–Trinajstić information content (AvgIpc) is 3.65. The molecule has 6 rings (SSSR count). The van der Waals surface area contributed by atoms with Crippen LogP contribution in [0.25, 0.3) is 0 Å². The molecule has 1 saturated heterocycles. The Hall–Kier alpha value is -4.66. The number of imide groups is 1. The lowest BCUT2D eigenvalue weighted by molar-refractivity contribution is -0.135. The van der Waals surface area contributed by atoms with E-state index >= 15 is 0 Å². The summed E-state index contributed by atoms with van der Waals surface area (Å²) in [5.74, 6) is -1.19. The number of hydrogen-bond acceptors (Lipinski definition) is 7. The number of aryl methyl sites for hydroxylation is 1. The third kappa shape index (κ3) is 4.06. The molecule has 3 aliphatic rings. The summed E-state index contributed by atoms with van der Waals surface area (Å²) in [7, 11) is 0. The van der Waals surface area contributed by atoms with E-state index in [0.29, 0.717) is 12.1 Å². The summed E-state index contributed by atoms with van der Waals surface area (Å²) in [6, 6.07) is 24.6. The largest absolute Gasteiger partial charge is 0.271 e. The van der Waals surface area contributed by atoms with Gasteiger partial charge in [-0.25, -0.2) is 9.91 Å². The molecule has 3 aliphatic heterocycles. The lowest BCUT2D eigenvalue weighted by Crippen LogP contribution is -2.44. The summed E-state index contributed by atoms with van der Waals surface area (Å²) in [6.45, 7) is 1.82. The Kier molecular flexibility index (Phi) is 6.03. The van der Waals surface area contributed by atoms with E-state index in [1.807, 2.05) is 79.7 Å². The van der Waals surface area contributed by atoms with Crippen LogP contribution in [0.2, 0.25) is 0 Å². The van der Waals surface area contributed by atoms with E-state index in [1.54, 1.807) is 12.1 Å². The Balaban J connectivity index is 1.24. The average molecular weight is 507 g/mol. The number of carbonyl (C=O) groups excluding carboxylic acids is 3. The second-order valence-electron chi connectivity index (χ2n) is 9.51. The molecular weight excluding hydrogens is 480 g/mol. The van der Waals surface area contributed by atoms with Crippen LogP contribution in [0.4, 0.5) is 5.69 Å². The minimum atomic E-state index is -0.965. The molecule has 3 amide bonds. The number of carbonyl (C=O) groups is 3. The zero-order valence-electron chi connectivity index (χ0n) is 20.8. The van der Waals surface area contributed by atoms with Crippen molar-refractivity contribution in [2.45, 2.75) is 37.9 Å². The Morgan fingerprint density at radius 3 is 2.26 bits per heavy atom. The SMILES string of the molecule is CCc1ccc(N2C(=O)[C@@H]3N=NN(CC(=O)N4N=C(c5ccccc5)C[C@@H]4c4ccccc4)[C@H]3C2=O)cc1. The number of anilines is 1. The van der Waals surface area contributed by atoms with Crippen molar-refractivity contribution in [3.05, 3.63) is 102 Å². The molecule has 0 aromatic heterocycles. The van der Waals surface area contributed by atoms with Gasteiger partial charge in [-0.2, -0.15) is 10.2 Å². The quantitative estimate of drug-likeness (QED) is 0.473. The van der Waals surface area contributed by atoms with Crippen molar-refractivity contribution < 1.29 is 14.4 Å². The van der Waals surface area contributed by atoms with Gasteiger partial charge in [-0.05, 0) is 35.2 Å². The fourth-order valence-corrected chi connectivity index (χ4v) is 5.18. The number of amides is 3. The number of fused-ring (bicyclic) bond motifs is 1. The van der Waals surface area contributed by atoms with Crippen molar-refractivity contribution in [2.75, 3.05) is 11.4 Å². The number of hydrogen-bond donors (Lipinski definition) is 0. The van der Waals surface area contributed by atoms with E-state index < -0.39 is 23.9 Å². The van der Waals surface area contributed by atoms with Gasteiger partial charge in [0.15, 0.2) is 12.1 Å². The van der Waals surface area contributed by atoms with Crippen LogP contribution in [0.1, 0.15) is 36.1 Å². The summed E-state index contributed by atoms with van der Waals surface area (Å²) >= 11 is 0. The highest BCUT2D eigenvalue weighted by molar-refractivity contribution is 6.25. The maximum absolute atomic E-state index is 13.6. The predicted molar refractivity (Wildman–Crippen MR) is 141 cm³/mol. The van der Waals surface area contributed by atoms with Crippen LogP contribution < -0.4 is 4.90 Å². The molecule has 3 aromatic carbocycles. The minimum Gasteiger partial charge on any atom is -0.271 e. The van der Waals surface area contributed by atoms with Gasteiger partial charge in [-0.1, -0.05) is 84.9 Å². The predicted octanol–water partition coefficient (Wildman–Crippen LogP) is 3.92. The van der Waals surface area contributed by atoms with Crippen molar-refractivity contribution in [3.63, 3.8) is 0 Å². The Bertz CT molecular complexity index is 1440. The van der Waals surface area contributed by atoms with Crippen LogP contribution in [0.5, 0.6) is 0 Å². The first-order valence-electron chi connectivity index (χ1n) is 12.7. The van der Waals surface area contributed by atoms with Crippen LogP contribution in [-0.4, -0.2) is 52.1 Å². The molecule has 0 aliphatic carbocycles. The molecule has 0 unspecified atom stereocenters. The second-order valence-corrected chi connectivity index (χ2v) is 9.51. The third-order valence-corrected chi connectivity index (χ3v) is 7.22. The molecule has 38 heavy (non-hydrogen) atoms. The molecule has 0 N–H and O–H groups in total. The summed E-state index contributed by atoms with van der Waals surface area (Å²) in [5, 5.41) is 15.6. The first-order chi connectivity index (χ1) is 18.5. The molecule has 3 heterocycles. The normalized spacial score (nSPS) is 22.3. The summed E-state index contributed by atoms with van der Waals surface area (Å²) in [5.41, 5.74) is 4.32. The summed E-state index contributed by atoms with van der Waals surface area (Å²) in [4.78, 5) is 41.2. The van der Waals surface area contributed by atoms with Crippen molar-refractivity contribution in [2.24, 2.45) is 15.4 Å². The van der Waals surface area contributed by atoms with Gasteiger partial charge in [-0.3, -0.25) is 19.4 Å². The van der Waals surface area contributed by atoms with Crippen molar-refractivity contribution in [1.29, 1.82) is 0 Å². The molecule has 3 aromatic rings. The lowest BCUT2D eigenvalue weighted by Gasteiger charge is -2.25. The minimum absolute atomic E-state index is 0.221. The molecular formula is C29H26N6O3. The van der Waals surface area contributed by atoms with E-state index in [-0.39, 0.29) is 18.5 Å². The number of rotatable bonds is 6. The zero-order valence-corrected chi connectivity index (χ0v) is 20.8. The van der Waals surface area contributed by atoms with Gasteiger partial charge >= 0.3 is 0 Å². The fraction of sp³-hybridized carbons (Fsp3) is 0.241. The monoisotopic (exact) mass is 506 g/mol. The smallest absolute Gasteiger partial charge is 0.264 e. The Morgan fingerprint density at radius 2 is 1.58 bits per heavy atom. The van der Waals surface area contributed by atoms with Crippen molar-refractivity contribution in [3.8, 4) is 0 Å². The highest BCUT2D eigenvalue weighted by Crippen LogP contribution is 2.35. The van der Waals surface area contributed by atoms with Crippen LogP contribution in [-0.2, 0) is 20.8 Å². The molecule has 1 fully saturated rings. The third-order valence-electron chi connectivity index (χ3n) is 7.22. The van der Waals surface area contributed by atoms with E-state index in [0.717, 1.165) is 33.7 Å². The second kappa shape index (κ2) is 9.66. The number of hydrazone groups is 1. The summed E-state index contributed by atoms with van der Waals surface area (Å²) in [6.07, 6.45) is 1.42. The number of nitrogens with zero attached hydrogens (tertiary/aromatic N) is 6. The van der Waals surface area contributed by atoms with Gasteiger partial charge in [0.1, 0.15) is 6.54 Å². The van der Waals surface area contributed by atoms with Gasteiger partial charge in [0.2, 0.25) is 0 Å². The molecule has 190 valence electrons. The molecule has 0 saturated carbocycles. The molecule has 9 heteroatoms. The maximum Gasteiger partial charge on any atom is 0.264 e. The van der Waals surface area contributed by atoms with E-state index in [9.17, 15) is 14.4 Å². The van der Waals surface area contributed by atoms with Crippen LogP contribution in [0.3, 0.4) is 0 Å². The van der Waals surface area contributed by atoms with E-state index in [2.05, 4.69) is 10.3 Å². The van der Waals surface area contributed by atoms with Gasteiger partial charge in [0, 0.05) is 6.42 Å². The zero-order chi connectivity index (χ0) is 26.2. The van der Waals surface area contributed by atoms with Crippen LogP contribution in [0.15, 0.2) is 100 Å². The standard InChI is InChI=1S/C29H26N6O3/c1-2-19-13-15-22(16-14-19)34-28(37)26-27(29(34)38)33(32-30-26)18-25(36)35-24(21-11-7-4-8-12-21)17-23(31-35)20-9-5-3-6-10-20/h3-16,24,26-27H,2,17-18H2,1H3/t24-,26-,27-/m1/s1. The van der Waals surface area contributed by atoms with Gasteiger partial charge in [0.25, 0.3) is 17.7 Å². The Labute approximate surface area is 220 Å². The molecule has 3 atom stereocenters. The van der Waals surface area contributed by atoms with Gasteiger partial charge in [0.05, 0.1) is 17.4 Å². The summed E-state index contributed by atoms with van der Waals surface area (Å²) < 4.78 is 0. The highest BCUT2D eigenvalue weighted by atomic mass is 16.2. The van der Waals surface area contributed by atoms with Gasteiger partial charge < -0.3 is 0 Å². The molecule has 0 radical (unpaired) electrons. The maximum atomic E-state index is 13.6.